The molecule has 3 aromatic rings. The molecule has 8 heteroatoms. The van der Waals surface area contributed by atoms with E-state index in [1.807, 2.05) is 41.3 Å². The lowest BCUT2D eigenvalue weighted by atomic mass is 10.0. The lowest BCUT2D eigenvalue weighted by Crippen LogP contribution is -2.49. The number of piperidine rings is 1. The summed E-state index contributed by atoms with van der Waals surface area (Å²) in [5, 5.41) is 7.23. The number of aromatic amines is 1. The molecule has 4 rings (SSSR count). The second-order valence-electron chi connectivity index (χ2n) is 7.22. The van der Waals surface area contributed by atoms with Gasteiger partial charge >= 0.3 is 6.03 Å². The number of rotatable bonds is 5. The number of H-pyrrole nitrogens is 1. The zero-order valence-corrected chi connectivity index (χ0v) is 16.0. The third kappa shape index (κ3) is 4.16. The van der Waals surface area contributed by atoms with E-state index in [9.17, 15) is 9.59 Å². The van der Waals surface area contributed by atoms with Gasteiger partial charge in [0.05, 0.1) is 11.3 Å². The van der Waals surface area contributed by atoms with Gasteiger partial charge in [0.15, 0.2) is 0 Å². The molecule has 150 valence electrons. The average Bonchev–Trinajstić information content (AvgIpc) is 3.22. The first kappa shape index (κ1) is 18.8. The molecule has 0 bridgehead atoms. The van der Waals surface area contributed by atoms with Crippen molar-refractivity contribution in [1.29, 1.82) is 0 Å². The summed E-state index contributed by atoms with van der Waals surface area (Å²) in [7, 11) is 0. The van der Waals surface area contributed by atoms with E-state index >= 15 is 0 Å². The molecule has 5 N–H and O–H groups in total. The van der Waals surface area contributed by atoms with Crippen LogP contribution in [0.4, 0.5) is 10.5 Å². The smallest absolute Gasteiger partial charge is 0.317 e. The van der Waals surface area contributed by atoms with Crippen LogP contribution in [0.1, 0.15) is 28.8 Å². The number of urea groups is 1. The monoisotopic (exact) mass is 392 g/mol. The molecule has 3 amide bonds. The molecule has 3 heterocycles. The molecule has 8 nitrogen and oxygen atoms in total. The number of nitrogens with two attached hydrogens (primary N) is 1. The Morgan fingerprint density at radius 2 is 2.07 bits per heavy atom. The normalized spacial score (nSPS) is 16.6. The van der Waals surface area contributed by atoms with Crippen LogP contribution in [0.25, 0.3) is 11.0 Å². The number of hydrogen-bond donors (Lipinski definition) is 4. The average molecular weight is 392 g/mol. The van der Waals surface area contributed by atoms with Gasteiger partial charge in [-0.1, -0.05) is 30.3 Å². The first-order valence-electron chi connectivity index (χ1n) is 9.71. The lowest BCUT2D eigenvalue weighted by Gasteiger charge is -2.34. The number of pyridine rings is 1. The predicted octanol–water partition coefficient (Wildman–Crippen LogP) is 2.45. The van der Waals surface area contributed by atoms with Gasteiger partial charge in [-0.3, -0.25) is 4.79 Å². The molecule has 1 fully saturated rings. The number of amides is 3. The van der Waals surface area contributed by atoms with E-state index in [-0.39, 0.29) is 12.1 Å². The summed E-state index contributed by atoms with van der Waals surface area (Å²) in [6.07, 6.45) is 5.03. The number of nitrogens with one attached hydrogen (secondary N) is 3. The first-order chi connectivity index (χ1) is 14.1. The van der Waals surface area contributed by atoms with Gasteiger partial charge in [-0.05, 0) is 24.5 Å². The minimum Gasteiger partial charge on any atom is -0.379 e. The van der Waals surface area contributed by atoms with Crippen molar-refractivity contribution in [3.05, 3.63) is 59.9 Å². The Morgan fingerprint density at radius 3 is 2.86 bits per heavy atom. The van der Waals surface area contributed by atoms with E-state index in [1.165, 1.54) is 6.20 Å². The van der Waals surface area contributed by atoms with Gasteiger partial charge in [0.25, 0.3) is 5.91 Å². The van der Waals surface area contributed by atoms with Crippen LogP contribution in [-0.2, 0) is 6.54 Å². The summed E-state index contributed by atoms with van der Waals surface area (Å²) in [6.45, 7) is 1.75. The van der Waals surface area contributed by atoms with Crippen LogP contribution in [0.3, 0.4) is 0 Å². The van der Waals surface area contributed by atoms with Crippen LogP contribution in [0.2, 0.25) is 0 Å². The predicted molar refractivity (Wildman–Crippen MR) is 112 cm³/mol. The molecule has 0 unspecified atom stereocenters. The van der Waals surface area contributed by atoms with Crippen LogP contribution in [-0.4, -0.2) is 45.9 Å². The molecule has 1 aliphatic heterocycles. The number of carbonyl (C=O) groups excluding carboxylic acids is 2. The van der Waals surface area contributed by atoms with Crippen LogP contribution in [0, 0.1) is 0 Å². The minimum atomic E-state index is -0.531. The fourth-order valence-corrected chi connectivity index (χ4v) is 3.72. The van der Waals surface area contributed by atoms with Gasteiger partial charge in [0.1, 0.15) is 5.65 Å². The van der Waals surface area contributed by atoms with Crippen molar-refractivity contribution in [2.24, 2.45) is 5.73 Å². The maximum Gasteiger partial charge on any atom is 0.317 e. The van der Waals surface area contributed by atoms with Crippen LogP contribution < -0.4 is 16.4 Å². The molecule has 0 saturated carbocycles. The fraction of sp³-hybridized carbons (Fsp3) is 0.286. The molecule has 1 atom stereocenters. The summed E-state index contributed by atoms with van der Waals surface area (Å²) < 4.78 is 0. The molecule has 1 saturated heterocycles. The maximum atomic E-state index is 12.6. The largest absolute Gasteiger partial charge is 0.379 e. The number of benzene rings is 1. The highest BCUT2D eigenvalue weighted by atomic mass is 16.2. The Balaban J connectivity index is 1.44. The molecule has 2 aromatic heterocycles. The van der Waals surface area contributed by atoms with E-state index in [1.54, 1.807) is 6.20 Å². The highest BCUT2D eigenvalue weighted by Gasteiger charge is 2.25. The highest BCUT2D eigenvalue weighted by molar-refractivity contribution is 6.06. The zero-order valence-electron chi connectivity index (χ0n) is 16.0. The fourth-order valence-electron chi connectivity index (χ4n) is 3.72. The van der Waals surface area contributed by atoms with Crippen molar-refractivity contribution in [1.82, 2.24) is 20.2 Å². The third-order valence-corrected chi connectivity index (χ3v) is 5.20. The van der Waals surface area contributed by atoms with E-state index in [2.05, 4.69) is 20.6 Å². The van der Waals surface area contributed by atoms with Gasteiger partial charge in [-0.15, -0.1) is 0 Å². The maximum absolute atomic E-state index is 12.6. The summed E-state index contributed by atoms with van der Waals surface area (Å²) in [5.41, 5.74) is 8.31. The zero-order chi connectivity index (χ0) is 20.2. The Labute approximate surface area is 168 Å². The SMILES string of the molecule is NC(=O)c1cnc2[nH]ccc2c1N[C@H]1CCCN(C(=O)NCc2ccccc2)C1. The Morgan fingerprint density at radius 1 is 1.24 bits per heavy atom. The number of hydrogen-bond acceptors (Lipinski definition) is 4. The number of aromatic nitrogens is 2. The van der Waals surface area contributed by atoms with Gasteiger partial charge in [0, 0.05) is 43.5 Å². The minimum absolute atomic E-state index is 0.0184. The van der Waals surface area contributed by atoms with Gasteiger partial charge in [0.2, 0.25) is 0 Å². The molecule has 0 aliphatic carbocycles. The number of likely N-dealkylation sites (tertiary alicyclic amines) is 1. The van der Waals surface area contributed by atoms with E-state index in [0.717, 1.165) is 23.8 Å². The number of anilines is 1. The third-order valence-electron chi connectivity index (χ3n) is 5.20. The molecule has 0 spiro atoms. The molecule has 1 aromatic carbocycles. The van der Waals surface area contributed by atoms with Gasteiger partial charge in [-0.25, -0.2) is 9.78 Å². The van der Waals surface area contributed by atoms with Crippen LogP contribution >= 0.6 is 0 Å². The molecular weight excluding hydrogens is 368 g/mol. The van der Waals surface area contributed by atoms with Crippen LogP contribution in [0.5, 0.6) is 0 Å². The van der Waals surface area contributed by atoms with E-state index in [4.69, 9.17) is 5.73 Å². The quantitative estimate of drug-likeness (QED) is 0.534. The Kier molecular flexibility index (Phi) is 5.33. The highest BCUT2D eigenvalue weighted by Crippen LogP contribution is 2.27. The second kappa shape index (κ2) is 8.22. The summed E-state index contributed by atoms with van der Waals surface area (Å²) in [6, 6.07) is 11.6. The standard InChI is InChI=1S/C21H24N6O2/c22-19(28)17-12-24-20-16(8-9-23-20)18(17)26-15-7-4-10-27(13-15)21(29)25-11-14-5-2-1-3-6-14/h1-3,5-6,8-9,12,15H,4,7,10-11,13H2,(H2,22,28)(H,25,29)(H2,23,24,26)/t15-/m0/s1. The van der Waals surface area contributed by atoms with Crippen molar-refractivity contribution in [2.75, 3.05) is 18.4 Å². The number of carbonyl (C=O) groups is 2. The Bertz CT molecular complexity index is 1020. The number of fused-ring (bicyclic) bond motifs is 1. The summed E-state index contributed by atoms with van der Waals surface area (Å²) in [5.74, 6) is -0.531. The summed E-state index contributed by atoms with van der Waals surface area (Å²) >= 11 is 0. The molecule has 0 radical (unpaired) electrons. The molecular formula is C21H24N6O2. The van der Waals surface area contributed by atoms with E-state index < -0.39 is 5.91 Å². The van der Waals surface area contributed by atoms with Crippen molar-refractivity contribution < 1.29 is 9.59 Å². The Hall–Kier alpha value is -3.55. The van der Waals surface area contributed by atoms with Crippen molar-refractivity contribution in [2.45, 2.75) is 25.4 Å². The second-order valence-corrected chi connectivity index (χ2v) is 7.22. The van der Waals surface area contributed by atoms with Gasteiger partial charge < -0.3 is 26.3 Å². The van der Waals surface area contributed by atoms with Crippen molar-refractivity contribution >= 4 is 28.7 Å². The van der Waals surface area contributed by atoms with Crippen molar-refractivity contribution in [3.63, 3.8) is 0 Å². The first-order valence-corrected chi connectivity index (χ1v) is 9.71. The van der Waals surface area contributed by atoms with E-state index in [0.29, 0.717) is 36.5 Å². The summed E-state index contributed by atoms with van der Waals surface area (Å²) in [4.78, 5) is 33.6. The molecule has 29 heavy (non-hydrogen) atoms. The topological polar surface area (TPSA) is 116 Å². The van der Waals surface area contributed by atoms with Crippen molar-refractivity contribution in [3.8, 4) is 0 Å². The van der Waals surface area contributed by atoms with Crippen LogP contribution in [0.15, 0.2) is 48.8 Å². The van der Waals surface area contributed by atoms with Gasteiger partial charge in [-0.2, -0.15) is 0 Å². The number of nitrogens with zero attached hydrogens (tertiary/aromatic N) is 2. The molecule has 1 aliphatic rings. The number of primary amides is 1. The lowest BCUT2D eigenvalue weighted by molar-refractivity contribution is 0.100.